The third-order valence-electron chi connectivity index (χ3n) is 6.74. The van der Waals surface area contributed by atoms with Gasteiger partial charge in [0.25, 0.3) is 11.2 Å². The van der Waals surface area contributed by atoms with Gasteiger partial charge in [-0.2, -0.15) is 0 Å². The number of esters is 1. The van der Waals surface area contributed by atoms with E-state index in [1.54, 1.807) is 0 Å². The van der Waals surface area contributed by atoms with Crippen LogP contribution < -0.4 is 5.56 Å². The molecule has 0 radical (unpaired) electrons. The van der Waals surface area contributed by atoms with Crippen LogP contribution in [0.5, 0.6) is 0 Å². The first kappa shape index (κ1) is 17.2. The first-order valence-electron chi connectivity index (χ1n) is 9.36. The van der Waals surface area contributed by atoms with Crippen LogP contribution in [0.1, 0.15) is 55.3 Å². The highest BCUT2D eigenvalue weighted by Gasteiger charge is 2.50. The van der Waals surface area contributed by atoms with Gasteiger partial charge in [0.2, 0.25) is 0 Å². The van der Waals surface area contributed by atoms with Gasteiger partial charge in [-0.05, 0) is 68.1 Å². The summed E-state index contributed by atoms with van der Waals surface area (Å²) >= 11 is 0. The molecule has 7 heteroatoms. The number of nitro groups is 1. The number of ether oxygens (including phenoxy) is 1. The summed E-state index contributed by atoms with van der Waals surface area (Å²) in [5.41, 5.74) is -0.764. The second-order valence-electron chi connectivity index (χ2n) is 8.53. The standard InChI is InChI=1S/C19H24N2O5/c1-26-18(23)16-7-15(21(24)25)11-20(17(16)22)3-2-19-8-12-4-13(9-19)6-14(5-12)10-19/h7,11-14H,2-6,8-10H2,1H3. The largest absolute Gasteiger partial charge is 0.465 e. The van der Waals surface area contributed by atoms with Gasteiger partial charge in [0.05, 0.1) is 18.2 Å². The predicted molar refractivity (Wildman–Crippen MR) is 93.9 cm³/mol. The molecule has 1 aromatic heterocycles. The van der Waals surface area contributed by atoms with Gasteiger partial charge in [-0.3, -0.25) is 14.9 Å². The van der Waals surface area contributed by atoms with Crippen molar-refractivity contribution in [2.24, 2.45) is 23.2 Å². The molecule has 0 spiro atoms. The number of nitrogens with zero attached hydrogens (tertiary/aromatic N) is 2. The average molecular weight is 360 g/mol. The van der Waals surface area contributed by atoms with Crippen LogP contribution in [-0.4, -0.2) is 22.6 Å². The minimum Gasteiger partial charge on any atom is -0.465 e. The summed E-state index contributed by atoms with van der Waals surface area (Å²) in [5.74, 6) is 1.61. The maximum atomic E-state index is 12.6. The van der Waals surface area contributed by atoms with Crippen molar-refractivity contribution in [3.8, 4) is 0 Å². The van der Waals surface area contributed by atoms with E-state index in [1.807, 2.05) is 0 Å². The van der Waals surface area contributed by atoms with Crippen LogP contribution in [0.15, 0.2) is 17.1 Å². The smallest absolute Gasteiger partial charge is 0.343 e. The van der Waals surface area contributed by atoms with Gasteiger partial charge < -0.3 is 9.30 Å². The maximum Gasteiger partial charge on any atom is 0.343 e. The van der Waals surface area contributed by atoms with Crippen LogP contribution in [-0.2, 0) is 11.3 Å². The highest BCUT2D eigenvalue weighted by Crippen LogP contribution is 2.61. The number of methoxy groups -OCH3 is 1. The molecule has 4 fully saturated rings. The zero-order valence-corrected chi connectivity index (χ0v) is 15.0. The summed E-state index contributed by atoms with van der Waals surface area (Å²) in [4.78, 5) is 35.0. The van der Waals surface area contributed by atoms with Gasteiger partial charge in [-0.15, -0.1) is 0 Å². The third-order valence-corrected chi connectivity index (χ3v) is 6.74. The van der Waals surface area contributed by atoms with Crippen molar-refractivity contribution in [3.05, 3.63) is 38.3 Å². The van der Waals surface area contributed by atoms with E-state index in [2.05, 4.69) is 4.74 Å². The molecule has 0 atom stereocenters. The molecular formula is C19H24N2O5. The molecule has 26 heavy (non-hydrogen) atoms. The summed E-state index contributed by atoms with van der Waals surface area (Å²) in [5, 5.41) is 11.2. The quantitative estimate of drug-likeness (QED) is 0.457. The molecule has 0 N–H and O–H groups in total. The van der Waals surface area contributed by atoms with Gasteiger partial charge in [-0.1, -0.05) is 0 Å². The average Bonchev–Trinajstić information content (AvgIpc) is 2.58. The van der Waals surface area contributed by atoms with Gasteiger partial charge in [0.1, 0.15) is 5.56 Å². The normalized spacial score (nSPS) is 31.8. The topological polar surface area (TPSA) is 91.4 Å². The summed E-state index contributed by atoms with van der Waals surface area (Å²) in [6.45, 7) is 0.413. The van der Waals surface area contributed by atoms with Gasteiger partial charge in [-0.25, -0.2) is 4.79 Å². The molecule has 4 aliphatic rings. The Bertz CT molecular complexity index is 777. The van der Waals surface area contributed by atoms with Crippen LogP contribution in [0, 0.1) is 33.3 Å². The second kappa shape index (κ2) is 6.21. The second-order valence-corrected chi connectivity index (χ2v) is 8.53. The highest BCUT2D eigenvalue weighted by atomic mass is 16.6. The zero-order chi connectivity index (χ0) is 18.5. The number of aryl methyl sites for hydroxylation is 1. The molecule has 4 saturated carbocycles. The fourth-order valence-corrected chi connectivity index (χ4v) is 6.10. The van der Waals surface area contributed by atoms with Crippen LogP contribution in [0.25, 0.3) is 0 Å². The molecule has 5 rings (SSSR count). The van der Waals surface area contributed by atoms with Crippen molar-refractivity contribution in [2.75, 3.05) is 7.11 Å². The van der Waals surface area contributed by atoms with E-state index in [0.29, 0.717) is 6.54 Å². The van der Waals surface area contributed by atoms with E-state index in [0.717, 1.165) is 30.2 Å². The lowest BCUT2D eigenvalue weighted by molar-refractivity contribution is -0.385. The summed E-state index contributed by atoms with van der Waals surface area (Å²) in [6, 6.07) is 1.01. The lowest BCUT2D eigenvalue weighted by Crippen LogP contribution is -2.46. The van der Waals surface area contributed by atoms with Gasteiger partial charge >= 0.3 is 5.97 Å². The molecule has 4 aliphatic carbocycles. The number of carbonyl (C=O) groups excluding carboxylic acids is 1. The van der Waals surface area contributed by atoms with Crippen LogP contribution >= 0.6 is 0 Å². The van der Waals surface area contributed by atoms with Crippen molar-refractivity contribution in [1.82, 2.24) is 4.57 Å². The summed E-state index contributed by atoms with van der Waals surface area (Å²) in [7, 11) is 1.17. The first-order chi connectivity index (χ1) is 12.4. The molecular weight excluding hydrogens is 336 g/mol. The van der Waals surface area contributed by atoms with Crippen molar-refractivity contribution in [1.29, 1.82) is 0 Å². The number of hydrogen-bond donors (Lipinski definition) is 0. The number of rotatable bonds is 5. The summed E-state index contributed by atoms with van der Waals surface area (Å²) in [6.07, 6.45) is 9.80. The molecule has 4 bridgehead atoms. The lowest BCUT2D eigenvalue weighted by atomic mass is 9.49. The molecule has 0 saturated heterocycles. The van der Waals surface area contributed by atoms with E-state index in [1.165, 1.54) is 56.4 Å². The Morgan fingerprint density at radius 3 is 2.35 bits per heavy atom. The van der Waals surface area contributed by atoms with E-state index in [9.17, 15) is 19.7 Å². The molecule has 140 valence electrons. The Kier molecular flexibility index (Phi) is 4.12. The molecule has 0 aromatic carbocycles. The van der Waals surface area contributed by atoms with E-state index < -0.39 is 16.5 Å². The Morgan fingerprint density at radius 2 is 1.85 bits per heavy atom. The number of carbonyl (C=O) groups is 1. The van der Waals surface area contributed by atoms with Gasteiger partial charge in [0.15, 0.2) is 0 Å². The van der Waals surface area contributed by atoms with Crippen molar-refractivity contribution in [3.63, 3.8) is 0 Å². The maximum absolute atomic E-state index is 12.6. The molecule has 7 nitrogen and oxygen atoms in total. The van der Waals surface area contributed by atoms with E-state index >= 15 is 0 Å². The first-order valence-corrected chi connectivity index (χ1v) is 9.36. The minimum atomic E-state index is -0.831. The van der Waals surface area contributed by atoms with Crippen molar-refractivity contribution in [2.45, 2.75) is 51.5 Å². The number of pyridine rings is 1. The fraction of sp³-hybridized carbons (Fsp3) is 0.684. The molecule has 1 heterocycles. The minimum absolute atomic E-state index is 0.254. The van der Waals surface area contributed by atoms with E-state index in [-0.39, 0.29) is 16.7 Å². The summed E-state index contributed by atoms with van der Waals surface area (Å²) < 4.78 is 5.95. The molecule has 0 unspecified atom stereocenters. The Balaban J connectivity index is 1.60. The van der Waals surface area contributed by atoms with Crippen molar-refractivity contribution < 1.29 is 14.5 Å². The predicted octanol–water partition coefficient (Wildman–Crippen LogP) is 3.15. The van der Waals surface area contributed by atoms with E-state index in [4.69, 9.17) is 0 Å². The molecule has 0 aliphatic heterocycles. The monoisotopic (exact) mass is 360 g/mol. The zero-order valence-electron chi connectivity index (χ0n) is 15.0. The Morgan fingerprint density at radius 1 is 1.27 bits per heavy atom. The number of aromatic nitrogens is 1. The van der Waals surface area contributed by atoms with Crippen molar-refractivity contribution >= 4 is 11.7 Å². The fourth-order valence-electron chi connectivity index (χ4n) is 6.10. The van der Waals surface area contributed by atoms with Crippen LogP contribution in [0.4, 0.5) is 5.69 Å². The SMILES string of the molecule is COC(=O)c1cc([N+](=O)[O-])cn(CCC23CC4CC(CC(C4)C2)C3)c1=O. The lowest BCUT2D eigenvalue weighted by Gasteiger charge is -2.57. The van der Waals surface area contributed by atoms with Gasteiger partial charge in [0, 0.05) is 12.6 Å². The number of hydrogen-bond acceptors (Lipinski definition) is 5. The third kappa shape index (κ3) is 2.93. The molecule has 0 amide bonds. The Labute approximate surface area is 151 Å². The highest BCUT2D eigenvalue weighted by molar-refractivity contribution is 5.89. The van der Waals surface area contributed by atoms with Crippen LogP contribution in [0.3, 0.4) is 0 Å². The van der Waals surface area contributed by atoms with Crippen LogP contribution in [0.2, 0.25) is 0 Å². The Hall–Kier alpha value is -2.18. The molecule has 1 aromatic rings.